The number of benzene rings is 1. The fraction of sp³-hybridized carbons (Fsp3) is 0.118. The fourth-order valence-electron chi connectivity index (χ4n) is 2.18. The van der Waals surface area contributed by atoms with Gasteiger partial charge in [0.05, 0.1) is 25.5 Å². The second-order valence-electron chi connectivity index (χ2n) is 4.56. The minimum absolute atomic E-state index is 0.0810. The molecular formula is C17H13FN2O4. The van der Waals surface area contributed by atoms with E-state index in [0.29, 0.717) is 0 Å². The zero-order chi connectivity index (χ0) is 17.7. The molecule has 0 aromatic heterocycles. The number of carbonyl (C=O) groups is 2. The molecule has 122 valence electrons. The number of hydrogen-bond acceptors (Lipinski definition) is 6. The molecule has 1 heterocycles. The van der Waals surface area contributed by atoms with Crippen LogP contribution in [0.15, 0.2) is 53.9 Å². The quantitative estimate of drug-likeness (QED) is 0.791. The van der Waals surface area contributed by atoms with Crippen molar-refractivity contribution < 1.29 is 23.5 Å². The third kappa shape index (κ3) is 3.03. The Morgan fingerprint density at radius 2 is 1.88 bits per heavy atom. The number of esters is 2. The first kappa shape index (κ1) is 17.0. The Kier molecular flexibility index (Phi) is 5.12. The second-order valence-corrected chi connectivity index (χ2v) is 4.56. The van der Waals surface area contributed by atoms with Crippen LogP contribution >= 0.6 is 0 Å². The average Bonchev–Trinajstić information content (AvgIpc) is 2.82. The summed E-state index contributed by atoms with van der Waals surface area (Å²) in [5.74, 6) is -2.35. The molecule has 1 aliphatic heterocycles. The zero-order valence-electron chi connectivity index (χ0n) is 12.9. The Morgan fingerprint density at radius 1 is 1.17 bits per heavy atom. The van der Waals surface area contributed by atoms with E-state index >= 15 is 0 Å². The van der Waals surface area contributed by atoms with Gasteiger partial charge in [-0.2, -0.15) is 5.26 Å². The summed E-state index contributed by atoms with van der Waals surface area (Å²) < 4.78 is 23.3. The standard InChI is InChI=1S/C17H13FN2O4/c1-23-16(21)11-6-3-4-9-20(15(11)17(22)24-2)14-8-5-7-13(18)12(14)10-19/h3-9H,1-2H3. The third-order valence-corrected chi connectivity index (χ3v) is 3.25. The number of ether oxygens (including phenoxy) is 2. The molecule has 24 heavy (non-hydrogen) atoms. The van der Waals surface area contributed by atoms with E-state index in [0.717, 1.165) is 13.2 Å². The van der Waals surface area contributed by atoms with E-state index in [-0.39, 0.29) is 22.5 Å². The van der Waals surface area contributed by atoms with Gasteiger partial charge in [-0.3, -0.25) is 0 Å². The molecule has 2 rings (SSSR count). The molecule has 0 aliphatic carbocycles. The van der Waals surface area contributed by atoms with Crippen LogP contribution in [0.5, 0.6) is 0 Å². The Hall–Kier alpha value is -3.40. The van der Waals surface area contributed by atoms with Crippen LogP contribution in [0, 0.1) is 17.1 Å². The maximum atomic E-state index is 13.9. The highest BCUT2D eigenvalue weighted by molar-refractivity contribution is 6.05. The molecule has 0 unspecified atom stereocenters. The molecular weight excluding hydrogens is 315 g/mol. The Morgan fingerprint density at radius 3 is 2.50 bits per heavy atom. The number of nitriles is 1. The highest BCUT2D eigenvalue weighted by Gasteiger charge is 2.29. The molecule has 6 nitrogen and oxygen atoms in total. The fourth-order valence-corrected chi connectivity index (χ4v) is 2.18. The van der Waals surface area contributed by atoms with Crippen molar-refractivity contribution in [3.8, 4) is 6.07 Å². The summed E-state index contributed by atoms with van der Waals surface area (Å²) in [5, 5.41) is 9.22. The van der Waals surface area contributed by atoms with Crippen molar-refractivity contribution in [3.05, 3.63) is 65.3 Å². The number of halogens is 1. The summed E-state index contributed by atoms with van der Waals surface area (Å²) in [6.07, 6.45) is 5.85. The van der Waals surface area contributed by atoms with E-state index < -0.39 is 17.8 Å². The molecule has 1 aromatic carbocycles. The van der Waals surface area contributed by atoms with E-state index in [1.165, 1.54) is 48.6 Å². The van der Waals surface area contributed by atoms with E-state index in [9.17, 15) is 19.2 Å². The minimum atomic E-state index is -0.834. The highest BCUT2D eigenvalue weighted by Crippen LogP contribution is 2.30. The van der Waals surface area contributed by atoms with Crippen LogP contribution in [0.1, 0.15) is 5.56 Å². The van der Waals surface area contributed by atoms with Gasteiger partial charge in [0.1, 0.15) is 23.1 Å². The first-order valence-corrected chi connectivity index (χ1v) is 6.78. The molecule has 0 saturated heterocycles. The average molecular weight is 328 g/mol. The normalized spacial score (nSPS) is 13.3. The monoisotopic (exact) mass is 328 g/mol. The topological polar surface area (TPSA) is 79.6 Å². The summed E-state index contributed by atoms with van der Waals surface area (Å²) in [6.45, 7) is 0. The van der Waals surface area contributed by atoms with Crippen LogP contribution in [0.25, 0.3) is 0 Å². The van der Waals surface area contributed by atoms with Gasteiger partial charge in [0, 0.05) is 6.20 Å². The van der Waals surface area contributed by atoms with Crippen LogP contribution < -0.4 is 4.90 Å². The van der Waals surface area contributed by atoms with Crippen LogP contribution in [0.3, 0.4) is 0 Å². The van der Waals surface area contributed by atoms with Crippen molar-refractivity contribution in [2.24, 2.45) is 0 Å². The number of hydrogen-bond donors (Lipinski definition) is 0. The summed E-state index contributed by atoms with van der Waals surface area (Å²) in [4.78, 5) is 25.5. The zero-order valence-corrected chi connectivity index (χ0v) is 12.9. The van der Waals surface area contributed by atoms with Gasteiger partial charge in [-0.05, 0) is 24.3 Å². The van der Waals surface area contributed by atoms with Gasteiger partial charge in [0.2, 0.25) is 0 Å². The van der Waals surface area contributed by atoms with Crippen molar-refractivity contribution in [1.29, 1.82) is 5.26 Å². The summed E-state index contributed by atoms with van der Waals surface area (Å²) in [5.41, 5.74) is -0.437. The predicted octanol–water partition coefficient (Wildman–Crippen LogP) is 2.19. The van der Waals surface area contributed by atoms with Gasteiger partial charge < -0.3 is 14.4 Å². The lowest BCUT2D eigenvalue weighted by atomic mass is 10.1. The molecule has 0 atom stereocenters. The number of carbonyl (C=O) groups excluding carboxylic acids is 2. The molecule has 7 heteroatoms. The number of anilines is 1. The number of methoxy groups -OCH3 is 2. The molecule has 1 aromatic rings. The van der Waals surface area contributed by atoms with Crippen molar-refractivity contribution in [2.45, 2.75) is 0 Å². The maximum absolute atomic E-state index is 13.9. The maximum Gasteiger partial charge on any atom is 0.355 e. The van der Waals surface area contributed by atoms with Gasteiger partial charge in [-0.15, -0.1) is 0 Å². The molecule has 0 N–H and O–H groups in total. The lowest BCUT2D eigenvalue weighted by Crippen LogP contribution is -2.27. The number of rotatable bonds is 3. The van der Waals surface area contributed by atoms with Crippen LogP contribution in [-0.2, 0) is 19.1 Å². The van der Waals surface area contributed by atoms with Crippen molar-refractivity contribution in [3.63, 3.8) is 0 Å². The Bertz CT molecular complexity index is 818. The van der Waals surface area contributed by atoms with Gasteiger partial charge >= 0.3 is 11.9 Å². The third-order valence-electron chi connectivity index (χ3n) is 3.25. The summed E-state index contributed by atoms with van der Waals surface area (Å²) >= 11 is 0. The first-order valence-electron chi connectivity index (χ1n) is 6.78. The molecule has 0 amide bonds. The molecule has 0 saturated carbocycles. The number of nitrogens with zero attached hydrogens (tertiary/aromatic N) is 2. The van der Waals surface area contributed by atoms with Crippen LogP contribution in [0.4, 0.5) is 10.1 Å². The van der Waals surface area contributed by atoms with E-state index in [2.05, 4.69) is 4.74 Å². The second kappa shape index (κ2) is 7.24. The van der Waals surface area contributed by atoms with Gasteiger partial charge in [0.15, 0.2) is 0 Å². The highest BCUT2D eigenvalue weighted by atomic mass is 19.1. The minimum Gasteiger partial charge on any atom is -0.465 e. The SMILES string of the molecule is COC(=O)C1=C(C(=O)OC)N(c2cccc(F)c2C#N)C=CC=C1. The Labute approximate surface area is 137 Å². The van der Waals surface area contributed by atoms with Gasteiger partial charge in [-0.1, -0.05) is 12.1 Å². The Balaban J connectivity index is 2.76. The molecule has 1 aliphatic rings. The van der Waals surface area contributed by atoms with Crippen molar-refractivity contribution >= 4 is 17.6 Å². The van der Waals surface area contributed by atoms with Crippen molar-refractivity contribution in [2.75, 3.05) is 19.1 Å². The van der Waals surface area contributed by atoms with Crippen molar-refractivity contribution in [1.82, 2.24) is 0 Å². The molecule has 0 fully saturated rings. The van der Waals surface area contributed by atoms with Gasteiger partial charge in [-0.25, -0.2) is 14.0 Å². The summed E-state index contributed by atoms with van der Waals surface area (Å²) in [7, 11) is 2.32. The van der Waals surface area contributed by atoms with Crippen LogP contribution in [0.2, 0.25) is 0 Å². The van der Waals surface area contributed by atoms with E-state index in [1.54, 1.807) is 6.07 Å². The molecule has 0 bridgehead atoms. The smallest absolute Gasteiger partial charge is 0.355 e. The largest absolute Gasteiger partial charge is 0.465 e. The summed E-state index contributed by atoms with van der Waals surface area (Å²) in [6, 6.07) is 5.73. The molecule has 0 radical (unpaired) electrons. The van der Waals surface area contributed by atoms with Gasteiger partial charge in [0.25, 0.3) is 0 Å². The van der Waals surface area contributed by atoms with Crippen LogP contribution in [-0.4, -0.2) is 26.2 Å². The lowest BCUT2D eigenvalue weighted by molar-refractivity contribution is -0.139. The predicted molar refractivity (Wildman–Crippen MR) is 82.9 cm³/mol. The molecule has 0 spiro atoms. The van der Waals surface area contributed by atoms with E-state index in [4.69, 9.17) is 4.74 Å². The first-order chi connectivity index (χ1) is 11.5. The lowest BCUT2D eigenvalue weighted by Gasteiger charge is -2.24. The van der Waals surface area contributed by atoms with E-state index in [1.807, 2.05) is 0 Å². The number of allylic oxidation sites excluding steroid dienone is 2.